The van der Waals surface area contributed by atoms with Crippen LogP contribution in [0, 0.1) is 36.5 Å². The van der Waals surface area contributed by atoms with Crippen LogP contribution in [0.15, 0.2) is 95.0 Å². The largest absolute Gasteiger partial charge is 0.444 e. The summed E-state index contributed by atoms with van der Waals surface area (Å²) in [5, 5.41) is 29.4. The van der Waals surface area contributed by atoms with Gasteiger partial charge in [-0.2, -0.15) is 19.1 Å². The number of nitriles is 2. The average Bonchev–Trinajstić information content (AvgIpc) is 0.801. The third kappa shape index (κ3) is 23.7. The molecule has 0 saturated carbocycles. The molecular formula is C64H86Cl2N20O14S4. The van der Waals surface area contributed by atoms with Crippen LogP contribution >= 0.6 is 24.8 Å². The number of alkyl carbamates (subject to hydrolysis) is 1. The first kappa shape index (κ1) is 85.4. The number of hydrogen-bond acceptors (Lipinski definition) is 26. The second-order valence-corrected chi connectivity index (χ2v) is 33.4. The van der Waals surface area contributed by atoms with Gasteiger partial charge in [0.2, 0.25) is 52.0 Å². The molecule has 40 heteroatoms. The molecule has 0 bridgehead atoms. The maximum atomic E-state index is 13.8. The van der Waals surface area contributed by atoms with Crippen LogP contribution < -0.4 is 45.4 Å². The lowest BCUT2D eigenvalue weighted by Crippen LogP contribution is -2.49. The summed E-state index contributed by atoms with van der Waals surface area (Å²) < 4.78 is 119. The van der Waals surface area contributed by atoms with E-state index < -0.39 is 75.3 Å². The molecule has 2 aromatic carbocycles. The Balaban J connectivity index is 0.000000380. The summed E-state index contributed by atoms with van der Waals surface area (Å²) in [5.74, 6) is -0.583. The number of piperazine rings is 2. The number of nitrogens with zero attached hydrogens (tertiary/aromatic N) is 15. The van der Waals surface area contributed by atoms with Gasteiger partial charge in [0.1, 0.15) is 56.2 Å². The minimum absolute atomic E-state index is 0. The number of aryl methyl sites for hydroxylation is 2. The number of benzene rings is 2. The van der Waals surface area contributed by atoms with Crippen molar-refractivity contribution in [2.24, 2.45) is 5.73 Å². The molecule has 564 valence electrons. The number of carbonyl (C=O) groups is 4. The Labute approximate surface area is 618 Å². The van der Waals surface area contributed by atoms with Crippen molar-refractivity contribution >= 4 is 124 Å². The van der Waals surface area contributed by atoms with E-state index in [1.54, 1.807) is 96.7 Å². The van der Waals surface area contributed by atoms with Crippen LogP contribution in [0.5, 0.6) is 0 Å². The van der Waals surface area contributed by atoms with Gasteiger partial charge in [0, 0.05) is 130 Å². The Hall–Kier alpha value is -9.22. The Morgan fingerprint density at radius 3 is 1.37 bits per heavy atom. The van der Waals surface area contributed by atoms with Gasteiger partial charge in [0.25, 0.3) is 11.8 Å². The Morgan fingerprint density at radius 1 is 0.577 bits per heavy atom. The topological polar surface area (TPSA) is 445 Å². The van der Waals surface area contributed by atoms with Crippen molar-refractivity contribution in [1.82, 2.24) is 54.0 Å². The number of aromatic nitrogens is 6. The van der Waals surface area contributed by atoms with E-state index in [0.29, 0.717) is 61.6 Å². The first-order chi connectivity index (χ1) is 47.7. The Kier molecular flexibility index (Phi) is 29.6. The summed E-state index contributed by atoms with van der Waals surface area (Å²) in [6, 6.07) is 21.7. The molecule has 6 heterocycles. The summed E-state index contributed by atoms with van der Waals surface area (Å²) in [6.07, 6.45) is 2.92. The maximum absolute atomic E-state index is 13.8. The molecule has 0 spiro atoms. The number of pyridine rings is 2. The molecule has 4 aromatic heterocycles. The quantitative estimate of drug-likeness (QED) is 0.0548. The number of nitrogens with one attached hydrogen (secondary N) is 4. The monoisotopic (exact) mass is 1560 g/mol. The summed E-state index contributed by atoms with van der Waals surface area (Å²) in [6.45, 7) is 16.9. The number of ether oxygens (including phenoxy) is 2. The highest BCUT2D eigenvalue weighted by molar-refractivity contribution is 7.92. The van der Waals surface area contributed by atoms with Crippen LogP contribution in [0.3, 0.4) is 0 Å². The fourth-order valence-electron chi connectivity index (χ4n) is 10.0. The number of carbonyl (C=O) groups excluding carboxylic acids is 4. The zero-order chi connectivity index (χ0) is 75.3. The van der Waals surface area contributed by atoms with E-state index in [0.717, 1.165) is 39.1 Å². The summed E-state index contributed by atoms with van der Waals surface area (Å²) in [4.78, 5) is 83.0. The second kappa shape index (κ2) is 36.0. The fraction of sp³-hybridized carbons (Fsp3) is 0.438. The SMILES string of the molecule is Cc1cc(C#N)nc(N2CCN(S(=O)(=O)c3ccc(NC(=O)c4cc(CN(CCNC(=O)OC(C)(C)C)C(=O)OC(C)(C)C)ccc4N(C)S(C)(=O)=O)nc3)CC2)n1.Cc1cc(C#N)nc(N2CCN(S(=O)(=O)c3ccc(NC(=O)c4cc(CNCCN)ccc4N(C)S(C)(=O)=O)nc3)CC2)n1.Cl.Cl. The fourth-order valence-corrected chi connectivity index (χ4v) is 13.8. The van der Waals surface area contributed by atoms with Crippen molar-refractivity contribution in [3.63, 3.8) is 0 Å². The van der Waals surface area contributed by atoms with Crippen LogP contribution in [-0.4, -0.2) is 217 Å². The smallest absolute Gasteiger partial charge is 0.410 e. The van der Waals surface area contributed by atoms with E-state index in [4.69, 9.17) is 15.2 Å². The average molecular weight is 1560 g/mol. The third-order valence-corrected chi connectivity index (χ3v) is 21.3. The number of anilines is 6. The normalized spacial score (nSPS) is 13.8. The molecule has 2 saturated heterocycles. The number of hydrogen-bond donors (Lipinski definition) is 5. The highest BCUT2D eigenvalue weighted by atomic mass is 35.5. The molecule has 4 amide bonds. The predicted octanol–water partition coefficient (Wildman–Crippen LogP) is 4.58. The molecular weight excluding hydrogens is 1470 g/mol. The van der Waals surface area contributed by atoms with Crippen molar-refractivity contribution in [3.8, 4) is 12.1 Å². The molecule has 34 nitrogen and oxygen atoms in total. The summed E-state index contributed by atoms with van der Waals surface area (Å²) in [7, 11) is -12.7. The lowest BCUT2D eigenvalue weighted by Gasteiger charge is -2.34. The van der Waals surface area contributed by atoms with E-state index in [1.807, 2.05) is 17.0 Å². The summed E-state index contributed by atoms with van der Waals surface area (Å²) in [5.41, 5.74) is 7.04. The van der Waals surface area contributed by atoms with Gasteiger partial charge in [0.15, 0.2) is 0 Å². The van der Waals surface area contributed by atoms with Crippen molar-refractivity contribution in [2.75, 3.05) is 134 Å². The minimum Gasteiger partial charge on any atom is -0.444 e. The third-order valence-electron chi connectivity index (χ3n) is 15.2. The number of halogens is 2. The second-order valence-electron chi connectivity index (χ2n) is 25.5. The Morgan fingerprint density at radius 2 is 0.990 bits per heavy atom. The molecule has 0 radical (unpaired) electrons. The molecule has 6 aromatic rings. The van der Waals surface area contributed by atoms with Gasteiger partial charge in [0.05, 0.1) is 35.0 Å². The van der Waals surface area contributed by atoms with Crippen molar-refractivity contribution in [3.05, 3.63) is 130 Å². The zero-order valence-electron chi connectivity index (χ0n) is 59.4. The molecule has 6 N–H and O–H groups in total. The van der Waals surface area contributed by atoms with Crippen LogP contribution in [0.25, 0.3) is 0 Å². The van der Waals surface area contributed by atoms with E-state index in [1.165, 1.54) is 64.0 Å². The first-order valence-corrected chi connectivity index (χ1v) is 38.3. The van der Waals surface area contributed by atoms with Crippen molar-refractivity contribution < 1.29 is 62.3 Å². The van der Waals surface area contributed by atoms with Crippen LogP contribution in [-0.2, 0) is 62.7 Å². The predicted molar refractivity (Wildman–Crippen MR) is 395 cm³/mol. The Bertz CT molecular complexity index is 4620. The van der Waals surface area contributed by atoms with Crippen molar-refractivity contribution in [2.45, 2.75) is 89.5 Å². The van der Waals surface area contributed by atoms with Crippen molar-refractivity contribution in [1.29, 1.82) is 10.5 Å². The number of nitrogens with two attached hydrogens (primary N) is 1. The van der Waals surface area contributed by atoms with E-state index >= 15 is 0 Å². The lowest BCUT2D eigenvalue weighted by molar-refractivity contribution is 0.0224. The highest BCUT2D eigenvalue weighted by Crippen LogP contribution is 2.29. The molecule has 0 atom stereocenters. The standard InChI is InChI=1S/C37H50N10O9S2.C27H34N10O5S2.2ClH/c1-25-20-27(22-38)42-33(41-25)45-16-18-47(19-17-45)58(53,54)28-11-13-31(40-23-28)43-32(48)29-21-26(10-12-30(29)44(8)57(9,51)52)24-46(35(50)56-37(5,6)7)15-14-39-34(49)55-36(2,3)4;1-19-14-21(16-29)33-27(32-19)36-10-12-37(13-11-36)44(41,42)22-5-7-25(31-18-22)34-26(38)23-15-20(17-30-9-8-28)4-6-24(23)35(2)43(3,39)40;;/h10-13,20-21,23H,14-19,24H2,1-9H3,(H,39,49)(H,40,43,48);4-7,14-15,18,30H,8-13,17,28H2,1-3H3,(H,31,34,38);2*1H. The van der Waals surface area contributed by atoms with E-state index in [2.05, 4.69) is 51.2 Å². The van der Waals surface area contributed by atoms with Crippen LogP contribution in [0.2, 0.25) is 0 Å². The van der Waals surface area contributed by atoms with Crippen LogP contribution in [0.4, 0.5) is 44.5 Å². The van der Waals surface area contributed by atoms with Gasteiger partial charge in [-0.05, 0) is 127 Å². The minimum atomic E-state index is -3.98. The molecule has 2 aliphatic rings. The number of sulfonamides is 4. The van der Waals surface area contributed by atoms with E-state index in [-0.39, 0.29) is 139 Å². The summed E-state index contributed by atoms with van der Waals surface area (Å²) >= 11 is 0. The molecule has 8 rings (SSSR count). The van der Waals surface area contributed by atoms with Gasteiger partial charge < -0.3 is 51.2 Å². The lowest BCUT2D eigenvalue weighted by atomic mass is 10.1. The molecule has 0 unspecified atom stereocenters. The molecule has 2 fully saturated rings. The van der Waals surface area contributed by atoms with E-state index in [9.17, 15) is 63.4 Å². The van der Waals surface area contributed by atoms with Gasteiger partial charge in [-0.1, -0.05) is 12.1 Å². The zero-order valence-corrected chi connectivity index (χ0v) is 64.3. The molecule has 0 aliphatic carbocycles. The maximum Gasteiger partial charge on any atom is 0.410 e. The number of rotatable bonds is 23. The van der Waals surface area contributed by atoms with Gasteiger partial charge in [-0.15, -0.1) is 24.8 Å². The number of amides is 4. The molecule has 2 aliphatic heterocycles. The van der Waals surface area contributed by atoms with Gasteiger partial charge >= 0.3 is 12.2 Å². The first-order valence-electron chi connectivity index (χ1n) is 31.8. The van der Waals surface area contributed by atoms with Crippen LogP contribution in [0.1, 0.15) is 96.2 Å². The van der Waals surface area contributed by atoms with Gasteiger partial charge in [-0.25, -0.2) is 73.2 Å². The highest BCUT2D eigenvalue weighted by Gasteiger charge is 2.33. The van der Waals surface area contributed by atoms with Gasteiger partial charge in [-0.3, -0.25) is 18.2 Å². The molecule has 104 heavy (non-hydrogen) atoms.